The van der Waals surface area contributed by atoms with E-state index in [1.807, 2.05) is 0 Å². The summed E-state index contributed by atoms with van der Waals surface area (Å²) in [6.07, 6.45) is 11.1. The van der Waals surface area contributed by atoms with Crippen LogP contribution in [0, 0.1) is 5.92 Å². The molecule has 82 valence electrons. The average Bonchev–Trinajstić information content (AvgIpc) is 2.92. The molecule has 0 aromatic rings. The molecule has 0 aliphatic heterocycles. The monoisotopic (exact) mass is 196 g/mol. The second-order valence-corrected chi connectivity index (χ2v) is 5.20. The van der Waals surface area contributed by atoms with E-state index in [9.17, 15) is 0 Å². The van der Waals surface area contributed by atoms with Gasteiger partial charge in [-0.2, -0.15) is 0 Å². The van der Waals surface area contributed by atoms with E-state index in [2.05, 4.69) is 5.32 Å². The fourth-order valence-corrected chi connectivity index (χ4v) is 2.66. The predicted molar refractivity (Wildman–Crippen MR) is 60.2 cm³/mol. The van der Waals surface area contributed by atoms with E-state index < -0.39 is 0 Å². The molecule has 0 radical (unpaired) electrons. The summed E-state index contributed by atoms with van der Waals surface area (Å²) >= 11 is 0. The van der Waals surface area contributed by atoms with E-state index in [1.54, 1.807) is 0 Å². The number of rotatable bonds is 6. The third-order valence-corrected chi connectivity index (χ3v) is 3.94. The molecule has 0 atom stereocenters. The predicted octanol–water partition coefficient (Wildman–Crippen LogP) is 2.04. The number of nitrogens with one attached hydrogen (secondary N) is 1. The summed E-state index contributed by atoms with van der Waals surface area (Å²) in [5, 5.41) is 3.70. The van der Waals surface area contributed by atoms with Crippen LogP contribution in [0.1, 0.15) is 51.4 Å². The molecule has 0 spiro atoms. The fraction of sp³-hybridized carbons (Fsp3) is 1.00. The van der Waals surface area contributed by atoms with Crippen LogP contribution in [-0.4, -0.2) is 18.6 Å². The highest BCUT2D eigenvalue weighted by atomic mass is 15.0. The average molecular weight is 196 g/mol. The van der Waals surface area contributed by atoms with Crippen LogP contribution in [-0.2, 0) is 0 Å². The van der Waals surface area contributed by atoms with Gasteiger partial charge in [-0.1, -0.05) is 25.7 Å². The molecule has 0 amide bonds. The lowest BCUT2D eigenvalue weighted by Gasteiger charge is -2.28. The molecule has 0 saturated heterocycles. The highest BCUT2D eigenvalue weighted by Crippen LogP contribution is 2.33. The Kier molecular flexibility index (Phi) is 3.45. The van der Waals surface area contributed by atoms with Crippen LogP contribution in [0.25, 0.3) is 0 Å². The summed E-state index contributed by atoms with van der Waals surface area (Å²) in [4.78, 5) is 0. The highest BCUT2D eigenvalue weighted by molar-refractivity contribution is 4.93. The van der Waals surface area contributed by atoms with Gasteiger partial charge in [0, 0.05) is 12.1 Å². The van der Waals surface area contributed by atoms with Crippen LogP contribution in [0.3, 0.4) is 0 Å². The van der Waals surface area contributed by atoms with E-state index in [1.165, 1.54) is 57.9 Å². The lowest BCUT2D eigenvalue weighted by molar-refractivity contribution is 0.336. The molecule has 0 unspecified atom stereocenters. The normalized spacial score (nSPS) is 25.5. The van der Waals surface area contributed by atoms with Gasteiger partial charge < -0.3 is 11.1 Å². The Labute approximate surface area is 87.6 Å². The number of nitrogens with two attached hydrogens (primary N) is 1. The van der Waals surface area contributed by atoms with Gasteiger partial charge in [0.25, 0.3) is 0 Å². The van der Waals surface area contributed by atoms with Gasteiger partial charge >= 0.3 is 0 Å². The molecular weight excluding hydrogens is 172 g/mol. The van der Waals surface area contributed by atoms with Crippen molar-refractivity contribution >= 4 is 0 Å². The minimum absolute atomic E-state index is 0.323. The maximum Gasteiger partial charge on any atom is 0.0304 e. The van der Waals surface area contributed by atoms with Gasteiger partial charge in [-0.25, -0.2) is 0 Å². The smallest absolute Gasteiger partial charge is 0.0304 e. The molecule has 0 bridgehead atoms. The topological polar surface area (TPSA) is 38.0 Å². The second kappa shape index (κ2) is 4.63. The Bertz CT molecular complexity index is 169. The molecule has 0 heterocycles. The maximum atomic E-state index is 5.86. The van der Waals surface area contributed by atoms with Crippen LogP contribution in [0.4, 0.5) is 0 Å². The van der Waals surface area contributed by atoms with Crippen molar-refractivity contribution < 1.29 is 0 Å². The van der Waals surface area contributed by atoms with Gasteiger partial charge in [0.15, 0.2) is 0 Å². The molecule has 2 aliphatic carbocycles. The summed E-state index contributed by atoms with van der Waals surface area (Å²) in [5.41, 5.74) is 6.18. The first-order valence-corrected chi connectivity index (χ1v) is 6.30. The molecule has 2 aliphatic rings. The van der Waals surface area contributed by atoms with Gasteiger partial charge in [0.05, 0.1) is 0 Å². The number of hydrogen-bond acceptors (Lipinski definition) is 2. The Morgan fingerprint density at radius 2 is 1.93 bits per heavy atom. The van der Waals surface area contributed by atoms with E-state index in [4.69, 9.17) is 5.73 Å². The van der Waals surface area contributed by atoms with Crippen LogP contribution in [0.15, 0.2) is 0 Å². The Morgan fingerprint density at radius 1 is 1.21 bits per heavy atom. The van der Waals surface area contributed by atoms with Gasteiger partial charge in [-0.15, -0.1) is 0 Å². The zero-order valence-electron chi connectivity index (χ0n) is 9.23. The number of hydrogen-bond donors (Lipinski definition) is 2. The Hall–Kier alpha value is -0.0800. The minimum atomic E-state index is 0.323. The summed E-state index contributed by atoms with van der Waals surface area (Å²) in [5.74, 6) is 1.08. The van der Waals surface area contributed by atoms with Crippen LogP contribution in [0.2, 0.25) is 0 Å². The second-order valence-electron chi connectivity index (χ2n) is 5.20. The van der Waals surface area contributed by atoms with Gasteiger partial charge in [-0.05, 0) is 38.1 Å². The molecule has 2 rings (SSSR count). The zero-order valence-corrected chi connectivity index (χ0v) is 9.23. The fourth-order valence-electron chi connectivity index (χ4n) is 2.66. The molecule has 2 nitrogen and oxygen atoms in total. The minimum Gasteiger partial charge on any atom is -0.329 e. The van der Waals surface area contributed by atoms with Crippen molar-refractivity contribution in [3.8, 4) is 0 Å². The zero-order chi connectivity index (χ0) is 9.86. The Balaban J connectivity index is 1.61. The lowest BCUT2D eigenvalue weighted by Crippen LogP contribution is -2.49. The van der Waals surface area contributed by atoms with Gasteiger partial charge in [0.2, 0.25) is 0 Å². The van der Waals surface area contributed by atoms with Crippen molar-refractivity contribution in [1.82, 2.24) is 5.32 Å². The van der Waals surface area contributed by atoms with Gasteiger partial charge in [-0.3, -0.25) is 0 Å². The van der Waals surface area contributed by atoms with Crippen molar-refractivity contribution in [2.24, 2.45) is 11.7 Å². The SMILES string of the molecule is NCC1(NCCCC2CC2)CCCC1. The van der Waals surface area contributed by atoms with Crippen molar-refractivity contribution in [2.75, 3.05) is 13.1 Å². The molecule has 0 aromatic heterocycles. The van der Waals surface area contributed by atoms with Crippen molar-refractivity contribution in [1.29, 1.82) is 0 Å². The lowest BCUT2D eigenvalue weighted by atomic mass is 9.97. The van der Waals surface area contributed by atoms with Crippen LogP contribution in [0.5, 0.6) is 0 Å². The van der Waals surface area contributed by atoms with Crippen LogP contribution < -0.4 is 11.1 Å². The third kappa shape index (κ3) is 2.71. The first kappa shape index (κ1) is 10.4. The Morgan fingerprint density at radius 3 is 2.50 bits per heavy atom. The summed E-state index contributed by atoms with van der Waals surface area (Å²) in [7, 11) is 0. The van der Waals surface area contributed by atoms with Crippen molar-refractivity contribution in [2.45, 2.75) is 56.9 Å². The third-order valence-electron chi connectivity index (χ3n) is 3.94. The molecule has 2 heteroatoms. The molecule has 0 aromatic carbocycles. The summed E-state index contributed by atoms with van der Waals surface area (Å²) < 4.78 is 0. The van der Waals surface area contributed by atoms with Crippen molar-refractivity contribution in [3.63, 3.8) is 0 Å². The molecule has 2 saturated carbocycles. The van der Waals surface area contributed by atoms with Crippen LogP contribution >= 0.6 is 0 Å². The summed E-state index contributed by atoms with van der Waals surface area (Å²) in [6.45, 7) is 2.02. The standard InChI is InChI=1S/C12H24N2/c13-10-12(7-1-2-8-12)14-9-3-4-11-5-6-11/h11,14H,1-10,13H2. The maximum absolute atomic E-state index is 5.86. The molecule has 14 heavy (non-hydrogen) atoms. The quantitative estimate of drug-likeness (QED) is 0.638. The first-order chi connectivity index (χ1) is 6.85. The van der Waals surface area contributed by atoms with Gasteiger partial charge in [0.1, 0.15) is 0 Å². The largest absolute Gasteiger partial charge is 0.329 e. The van der Waals surface area contributed by atoms with Crippen molar-refractivity contribution in [3.05, 3.63) is 0 Å². The van der Waals surface area contributed by atoms with E-state index >= 15 is 0 Å². The molecule has 2 fully saturated rings. The summed E-state index contributed by atoms with van der Waals surface area (Å²) in [6, 6.07) is 0. The van der Waals surface area contributed by atoms with E-state index in [-0.39, 0.29) is 0 Å². The molecule has 3 N–H and O–H groups in total. The van der Waals surface area contributed by atoms with E-state index in [0.29, 0.717) is 5.54 Å². The van der Waals surface area contributed by atoms with E-state index in [0.717, 1.165) is 12.5 Å². The highest BCUT2D eigenvalue weighted by Gasteiger charge is 2.31. The first-order valence-electron chi connectivity index (χ1n) is 6.30. The molecular formula is C12H24N2.